The number of amides is 4. The molecule has 0 atom stereocenters. The second-order valence-corrected chi connectivity index (χ2v) is 7.94. The van der Waals surface area contributed by atoms with Gasteiger partial charge in [-0.3, -0.25) is 14.9 Å². The molecular weight excluding hydrogens is 420 g/mol. The summed E-state index contributed by atoms with van der Waals surface area (Å²) in [6.07, 6.45) is 1.50. The zero-order valence-electron chi connectivity index (χ0n) is 19.1. The van der Waals surface area contributed by atoms with Crippen LogP contribution in [0.1, 0.15) is 28.1 Å². The van der Waals surface area contributed by atoms with Gasteiger partial charge in [-0.25, -0.2) is 14.4 Å². The topological polar surface area (TPSA) is 93.5 Å². The molecule has 3 aromatic rings. The third kappa shape index (κ3) is 3.91. The molecule has 0 unspecified atom stereocenters. The first-order chi connectivity index (χ1) is 15.7. The van der Waals surface area contributed by atoms with E-state index in [1.807, 2.05) is 39.8 Å². The lowest BCUT2D eigenvalue weighted by Gasteiger charge is -2.26. The summed E-state index contributed by atoms with van der Waals surface area (Å²) >= 11 is 0. The highest BCUT2D eigenvalue weighted by Crippen LogP contribution is 2.27. The van der Waals surface area contributed by atoms with Gasteiger partial charge in [0, 0.05) is 11.3 Å². The second-order valence-electron chi connectivity index (χ2n) is 7.94. The van der Waals surface area contributed by atoms with Crippen molar-refractivity contribution < 1.29 is 19.1 Å². The molecule has 1 aromatic heterocycles. The Hall–Kier alpha value is -4.20. The van der Waals surface area contributed by atoms with Crippen molar-refractivity contribution in [3.63, 3.8) is 0 Å². The van der Waals surface area contributed by atoms with E-state index >= 15 is 0 Å². The van der Waals surface area contributed by atoms with Crippen molar-refractivity contribution >= 4 is 29.6 Å². The lowest BCUT2D eigenvalue weighted by atomic mass is 10.1. The number of rotatable bonds is 4. The summed E-state index contributed by atoms with van der Waals surface area (Å²) in [7, 11) is 1.52. The van der Waals surface area contributed by atoms with E-state index in [2.05, 4.69) is 16.5 Å². The van der Waals surface area contributed by atoms with Gasteiger partial charge in [0.1, 0.15) is 11.3 Å². The van der Waals surface area contributed by atoms with E-state index in [1.165, 1.54) is 13.2 Å². The molecule has 0 radical (unpaired) electrons. The number of hydrogen-bond donors (Lipinski definition) is 1. The molecule has 4 amide bonds. The molecule has 8 heteroatoms. The number of carbonyl (C=O) groups excluding carboxylic acids is 3. The van der Waals surface area contributed by atoms with Gasteiger partial charge in [-0.05, 0) is 69.7 Å². The molecule has 8 nitrogen and oxygen atoms in total. The maximum atomic E-state index is 13.2. The number of nitrogens with one attached hydrogen (secondary N) is 1. The highest BCUT2D eigenvalue weighted by Gasteiger charge is 2.37. The van der Waals surface area contributed by atoms with Gasteiger partial charge in [-0.1, -0.05) is 17.7 Å². The fourth-order valence-corrected chi connectivity index (χ4v) is 3.91. The quantitative estimate of drug-likeness (QED) is 0.488. The molecule has 0 spiro atoms. The lowest BCUT2D eigenvalue weighted by Crippen LogP contribution is -2.54. The van der Waals surface area contributed by atoms with Crippen molar-refractivity contribution in [2.75, 3.05) is 12.0 Å². The van der Waals surface area contributed by atoms with Crippen LogP contribution < -0.4 is 15.0 Å². The Kier molecular flexibility index (Phi) is 5.59. The van der Waals surface area contributed by atoms with Gasteiger partial charge in [-0.2, -0.15) is 5.10 Å². The van der Waals surface area contributed by atoms with Gasteiger partial charge >= 0.3 is 6.03 Å². The van der Waals surface area contributed by atoms with Gasteiger partial charge in [0.05, 0.1) is 24.2 Å². The molecule has 1 N–H and O–H groups in total. The second kappa shape index (κ2) is 8.38. The number of barbiturate groups is 1. The summed E-state index contributed by atoms with van der Waals surface area (Å²) in [6, 6.07) is 11.7. The van der Waals surface area contributed by atoms with Crippen LogP contribution in [0.15, 0.2) is 48.0 Å². The van der Waals surface area contributed by atoms with Gasteiger partial charge in [-0.15, -0.1) is 0 Å². The van der Waals surface area contributed by atoms with Crippen LogP contribution in [-0.2, 0) is 9.59 Å². The summed E-state index contributed by atoms with van der Waals surface area (Å²) in [4.78, 5) is 39.2. The number of carbonyl (C=O) groups is 3. The van der Waals surface area contributed by atoms with Crippen LogP contribution in [0.25, 0.3) is 11.8 Å². The Morgan fingerprint density at radius 2 is 1.67 bits per heavy atom. The number of nitrogens with zero attached hydrogens (tertiary/aromatic N) is 3. The zero-order valence-corrected chi connectivity index (χ0v) is 19.1. The third-order valence-electron chi connectivity index (χ3n) is 5.65. The third-order valence-corrected chi connectivity index (χ3v) is 5.65. The molecular formula is C25H24N4O4. The molecule has 2 heterocycles. The molecule has 168 valence electrons. The van der Waals surface area contributed by atoms with Crippen LogP contribution in [0.4, 0.5) is 10.5 Å². The van der Waals surface area contributed by atoms with Crippen LogP contribution in [0.5, 0.6) is 5.75 Å². The largest absolute Gasteiger partial charge is 0.497 e. The SMILES string of the molecule is COc1ccc(N2C(=O)NC(=O)/C(=C/c3c(C)nn(-c4ccc(C)cc4C)c3C)C2=O)cc1. The summed E-state index contributed by atoms with van der Waals surface area (Å²) < 4.78 is 6.93. The highest BCUT2D eigenvalue weighted by atomic mass is 16.5. The number of aromatic nitrogens is 2. The lowest BCUT2D eigenvalue weighted by molar-refractivity contribution is -0.122. The molecule has 4 rings (SSSR count). The number of imide groups is 2. The normalized spacial score (nSPS) is 15.2. The van der Waals surface area contributed by atoms with Crippen molar-refractivity contribution in [3.8, 4) is 11.4 Å². The Labute approximate surface area is 191 Å². The molecule has 0 aliphatic carbocycles. The standard InChI is InChI=1S/C25H24N4O4/c1-14-6-11-22(15(2)12-14)29-17(4)20(16(3)27-29)13-21-23(30)26-25(32)28(24(21)31)18-7-9-19(33-5)10-8-18/h6-13H,1-5H3,(H,26,30,32)/b21-13-. The van der Waals surface area contributed by atoms with Crippen LogP contribution >= 0.6 is 0 Å². The van der Waals surface area contributed by atoms with E-state index in [-0.39, 0.29) is 5.57 Å². The molecule has 2 aromatic carbocycles. The van der Waals surface area contributed by atoms with Gasteiger partial charge < -0.3 is 4.74 Å². The smallest absolute Gasteiger partial charge is 0.335 e. The summed E-state index contributed by atoms with van der Waals surface area (Å²) in [5, 5.41) is 6.88. The van der Waals surface area contributed by atoms with Crippen molar-refractivity contribution in [2.24, 2.45) is 0 Å². The fraction of sp³-hybridized carbons (Fsp3) is 0.200. The van der Waals surface area contributed by atoms with Crippen molar-refractivity contribution in [1.29, 1.82) is 0 Å². The maximum absolute atomic E-state index is 13.2. The highest BCUT2D eigenvalue weighted by molar-refractivity contribution is 6.39. The van der Waals surface area contributed by atoms with Crippen LogP contribution in [0.3, 0.4) is 0 Å². The van der Waals surface area contributed by atoms with Crippen molar-refractivity contribution in [3.05, 3.63) is 76.1 Å². The monoisotopic (exact) mass is 444 g/mol. The van der Waals surface area contributed by atoms with Gasteiger partial charge in [0.2, 0.25) is 0 Å². The van der Waals surface area contributed by atoms with Crippen molar-refractivity contribution in [2.45, 2.75) is 27.7 Å². The van der Waals surface area contributed by atoms with E-state index in [9.17, 15) is 14.4 Å². The molecule has 1 saturated heterocycles. The molecule has 33 heavy (non-hydrogen) atoms. The minimum atomic E-state index is -0.799. The van der Waals surface area contributed by atoms with E-state index in [1.54, 1.807) is 28.9 Å². The number of ether oxygens (including phenoxy) is 1. The van der Waals surface area contributed by atoms with E-state index < -0.39 is 17.8 Å². The Morgan fingerprint density at radius 3 is 2.30 bits per heavy atom. The van der Waals surface area contributed by atoms with E-state index in [4.69, 9.17) is 4.74 Å². The number of benzene rings is 2. The minimum absolute atomic E-state index is 0.142. The van der Waals surface area contributed by atoms with Crippen LogP contribution in [0, 0.1) is 27.7 Å². The first-order valence-electron chi connectivity index (χ1n) is 10.4. The summed E-state index contributed by atoms with van der Waals surface area (Å²) in [6.45, 7) is 7.73. The first-order valence-corrected chi connectivity index (χ1v) is 10.4. The minimum Gasteiger partial charge on any atom is -0.497 e. The zero-order chi connectivity index (χ0) is 23.9. The molecule has 0 bridgehead atoms. The van der Waals surface area contributed by atoms with Crippen LogP contribution in [-0.4, -0.2) is 34.7 Å². The maximum Gasteiger partial charge on any atom is 0.335 e. The van der Waals surface area contributed by atoms with Crippen LogP contribution in [0.2, 0.25) is 0 Å². The molecule has 1 aliphatic heterocycles. The number of methoxy groups -OCH3 is 1. The average molecular weight is 444 g/mol. The number of hydrogen-bond acceptors (Lipinski definition) is 5. The van der Waals surface area contributed by atoms with E-state index in [0.717, 1.165) is 27.4 Å². The predicted octanol–water partition coefficient (Wildman–Crippen LogP) is 3.78. The number of anilines is 1. The van der Waals surface area contributed by atoms with E-state index in [0.29, 0.717) is 22.7 Å². The fourth-order valence-electron chi connectivity index (χ4n) is 3.91. The molecule has 1 fully saturated rings. The van der Waals surface area contributed by atoms with Crippen molar-refractivity contribution in [1.82, 2.24) is 15.1 Å². The average Bonchev–Trinajstić information content (AvgIpc) is 3.04. The summed E-state index contributed by atoms with van der Waals surface area (Å²) in [5.74, 6) is -0.861. The Bertz CT molecular complexity index is 1320. The van der Waals surface area contributed by atoms with Gasteiger partial charge in [0.25, 0.3) is 11.8 Å². The predicted molar refractivity (Wildman–Crippen MR) is 125 cm³/mol. The first kappa shape index (κ1) is 22.0. The molecule has 1 aliphatic rings. The summed E-state index contributed by atoms with van der Waals surface area (Å²) in [5.41, 5.74) is 5.40. The Morgan fingerprint density at radius 1 is 0.970 bits per heavy atom. The number of urea groups is 1. The Balaban J connectivity index is 1.76. The number of aryl methyl sites for hydroxylation is 3. The molecule has 0 saturated carbocycles. The van der Waals surface area contributed by atoms with Gasteiger partial charge in [0.15, 0.2) is 0 Å².